The van der Waals surface area contributed by atoms with Gasteiger partial charge in [0.15, 0.2) is 0 Å². The number of hydrogen-bond donors (Lipinski definition) is 2. The fraction of sp³-hybridized carbons (Fsp3) is 0.556. The summed E-state index contributed by atoms with van der Waals surface area (Å²) in [5.74, 6) is 0.862. The van der Waals surface area contributed by atoms with E-state index in [1.807, 2.05) is 13.0 Å². The van der Waals surface area contributed by atoms with E-state index in [-0.39, 0.29) is 12.1 Å². The molecule has 74 valence electrons. The molecule has 2 atom stereocenters. The highest BCUT2D eigenvalue weighted by molar-refractivity contribution is 9.10. The maximum atomic E-state index is 9.06. The Morgan fingerprint density at radius 3 is 2.77 bits per heavy atom. The first-order valence-electron chi connectivity index (χ1n) is 4.25. The Bertz CT molecular complexity index is 260. The minimum atomic E-state index is -0.337. The second-order valence-corrected chi connectivity index (χ2v) is 3.97. The molecule has 0 aliphatic heterocycles. The van der Waals surface area contributed by atoms with Crippen molar-refractivity contribution >= 4 is 15.9 Å². The molecule has 13 heavy (non-hydrogen) atoms. The first kappa shape index (κ1) is 10.8. The predicted octanol–water partition coefficient (Wildman–Crippen LogP) is 2.07. The number of halogens is 1. The molecule has 1 aromatic rings. The number of aliphatic hydroxyl groups is 1. The molecule has 0 saturated heterocycles. The van der Waals surface area contributed by atoms with Crippen LogP contribution in [-0.2, 0) is 0 Å². The molecular weight excluding hydrogens is 234 g/mol. The highest BCUT2D eigenvalue weighted by atomic mass is 79.9. The van der Waals surface area contributed by atoms with Crippen LogP contribution in [0.15, 0.2) is 21.2 Å². The summed E-state index contributed by atoms with van der Waals surface area (Å²) in [6.07, 6.45) is 1.30. The summed E-state index contributed by atoms with van der Waals surface area (Å²) < 4.78 is 6.22. The van der Waals surface area contributed by atoms with Crippen LogP contribution in [0, 0.1) is 0 Å². The smallest absolute Gasteiger partial charge is 0.134 e. The standard InChI is InChI=1S/C9H14BrNO2/c1-6(12)5-11-7(2)9-8(10)3-4-13-9/h3-4,6-7,11-12H,5H2,1-2H3. The molecule has 3 nitrogen and oxygen atoms in total. The lowest BCUT2D eigenvalue weighted by Crippen LogP contribution is -2.27. The molecule has 0 bridgehead atoms. The third-order valence-corrected chi connectivity index (χ3v) is 2.41. The number of aliphatic hydroxyl groups excluding tert-OH is 1. The van der Waals surface area contributed by atoms with Crippen LogP contribution in [0.3, 0.4) is 0 Å². The Labute approximate surface area is 86.3 Å². The third-order valence-electron chi connectivity index (χ3n) is 1.76. The van der Waals surface area contributed by atoms with Gasteiger partial charge >= 0.3 is 0 Å². The van der Waals surface area contributed by atoms with Gasteiger partial charge in [0.05, 0.1) is 22.9 Å². The van der Waals surface area contributed by atoms with Gasteiger partial charge in [-0.15, -0.1) is 0 Å². The topological polar surface area (TPSA) is 45.4 Å². The first-order valence-corrected chi connectivity index (χ1v) is 5.05. The third kappa shape index (κ3) is 3.14. The largest absolute Gasteiger partial charge is 0.466 e. The van der Waals surface area contributed by atoms with Gasteiger partial charge in [-0.1, -0.05) is 0 Å². The quantitative estimate of drug-likeness (QED) is 0.857. The Hall–Kier alpha value is -0.320. The van der Waals surface area contributed by atoms with Crippen molar-refractivity contribution in [3.05, 3.63) is 22.6 Å². The molecule has 2 unspecified atom stereocenters. The molecule has 0 aromatic carbocycles. The zero-order valence-electron chi connectivity index (χ0n) is 7.75. The lowest BCUT2D eigenvalue weighted by Gasteiger charge is -2.13. The molecule has 4 heteroatoms. The SMILES string of the molecule is CC(O)CNC(C)c1occc1Br. The molecule has 1 rings (SSSR count). The predicted molar refractivity (Wildman–Crippen MR) is 54.5 cm³/mol. The summed E-state index contributed by atoms with van der Waals surface area (Å²) in [5, 5.41) is 12.2. The van der Waals surface area contributed by atoms with Crippen LogP contribution < -0.4 is 5.32 Å². The van der Waals surface area contributed by atoms with Gasteiger partial charge < -0.3 is 14.8 Å². The fourth-order valence-electron chi connectivity index (χ4n) is 1.05. The van der Waals surface area contributed by atoms with Crippen molar-refractivity contribution in [3.8, 4) is 0 Å². The Kier molecular flexibility index (Phi) is 3.96. The molecule has 2 N–H and O–H groups in total. The molecule has 0 aliphatic carbocycles. The van der Waals surface area contributed by atoms with E-state index in [9.17, 15) is 0 Å². The average molecular weight is 248 g/mol. The van der Waals surface area contributed by atoms with E-state index in [1.54, 1.807) is 13.2 Å². The molecule has 0 radical (unpaired) electrons. The van der Waals surface area contributed by atoms with E-state index in [2.05, 4.69) is 21.2 Å². The van der Waals surface area contributed by atoms with Crippen molar-refractivity contribution in [1.82, 2.24) is 5.32 Å². The van der Waals surface area contributed by atoms with Gasteiger partial charge in [0.25, 0.3) is 0 Å². The lowest BCUT2D eigenvalue weighted by atomic mass is 10.2. The summed E-state index contributed by atoms with van der Waals surface area (Å²) in [4.78, 5) is 0. The summed E-state index contributed by atoms with van der Waals surface area (Å²) in [5.41, 5.74) is 0. The van der Waals surface area contributed by atoms with Crippen molar-refractivity contribution < 1.29 is 9.52 Å². The Balaban J connectivity index is 2.49. The maximum absolute atomic E-state index is 9.06. The van der Waals surface area contributed by atoms with Gasteiger partial charge in [-0.05, 0) is 35.8 Å². The van der Waals surface area contributed by atoms with Gasteiger partial charge in [-0.2, -0.15) is 0 Å². The average Bonchev–Trinajstić information content (AvgIpc) is 2.47. The summed E-state index contributed by atoms with van der Waals surface area (Å²) >= 11 is 3.38. The summed E-state index contributed by atoms with van der Waals surface area (Å²) in [6.45, 7) is 4.30. The van der Waals surface area contributed by atoms with Crippen molar-refractivity contribution in [1.29, 1.82) is 0 Å². The minimum absolute atomic E-state index is 0.110. The molecule has 0 amide bonds. The number of rotatable bonds is 4. The van der Waals surface area contributed by atoms with E-state index >= 15 is 0 Å². The summed E-state index contributed by atoms with van der Waals surface area (Å²) in [7, 11) is 0. The van der Waals surface area contributed by atoms with E-state index in [0.29, 0.717) is 6.54 Å². The zero-order valence-corrected chi connectivity index (χ0v) is 9.34. The number of hydrogen-bond acceptors (Lipinski definition) is 3. The minimum Gasteiger partial charge on any atom is -0.466 e. The van der Waals surface area contributed by atoms with E-state index < -0.39 is 0 Å². The van der Waals surface area contributed by atoms with Crippen LogP contribution in [0.1, 0.15) is 25.6 Å². The van der Waals surface area contributed by atoms with Crippen LogP contribution >= 0.6 is 15.9 Å². The van der Waals surface area contributed by atoms with Gasteiger partial charge in [0, 0.05) is 6.54 Å². The van der Waals surface area contributed by atoms with E-state index in [4.69, 9.17) is 9.52 Å². The monoisotopic (exact) mass is 247 g/mol. The molecule has 0 fully saturated rings. The van der Waals surface area contributed by atoms with Gasteiger partial charge in [0.1, 0.15) is 5.76 Å². The van der Waals surface area contributed by atoms with Crippen molar-refractivity contribution in [2.45, 2.75) is 26.0 Å². The molecule has 1 aromatic heterocycles. The van der Waals surface area contributed by atoms with Crippen LogP contribution in [0.25, 0.3) is 0 Å². The first-order chi connectivity index (χ1) is 6.11. The number of nitrogens with one attached hydrogen (secondary N) is 1. The molecular formula is C9H14BrNO2. The van der Waals surface area contributed by atoms with Crippen LogP contribution in [0.4, 0.5) is 0 Å². The van der Waals surface area contributed by atoms with Crippen LogP contribution in [-0.4, -0.2) is 17.8 Å². The van der Waals surface area contributed by atoms with Gasteiger partial charge in [-0.25, -0.2) is 0 Å². The second-order valence-electron chi connectivity index (χ2n) is 3.11. The van der Waals surface area contributed by atoms with E-state index in [1.165, 1.54) is 0 Å². The molecule has 0 spiro atoms. The highest BCUT2D eigenvalue weighted by Gasteiger charge is 2.12. The second kappa shape index (κ2) is 4.79. The lowest BCUT2D eigenvalue weighted by molar-refractivity contribution is 0.185. The van der Waals surface area contributed by atoms with Crippen molar-refractivity contribution in [3.63, 3.8) is 0 Å². The molecule has 1 heterocycles. The summed E-state index contributed by atoms with van der Waals surface area (Å²) in [6, 6.07) is 1.97. The zero-order chi connectivity index (χ0) is 9.84. The Morgan fingerprint density at radius 2 is 2.31 bits per heavy atom. The highest BCUT2D eigenvalue weighted by Crippen LogP contribution is 2.23. The normalized spacial score (nSPS) is 15.7. The molecule has 0 aliphatic rings. The van der Waals surface area contributed by atoms with Crippen LogP contribution in [0.2, 0.25) is 0 Å². The molecule has 0 saturated carbocycles. The van der Waals surface area contributed by atoms with Crippen molar-refractivity contribution in [2.24, 2.45) is 0 Å². The van der Waals surface area contributed by atoms with Gasteiger partial charge in [0.2, 0.25) is 0 Å². The van der Waals surface area contributed by atoms with Gasteiger partial charge in [-0.3, -0.25) is 0 Å². The maximum Gasteiger partial charge on any atom is 0.134 e. The number of furan rings is 1. The van der Waals surface area contributed by atoms with Crippen LogP contribution in [0.5, 0.6) is 0 Å². The van der Waals surface area contributed by atoms with Crippen molar-refractivity contribution in [2.75, 3.05) is 6.54 Å². The Morgan fingerprint density at radius 1 is 1.62 bits per heavy atom. The fourth-order valence-corrected chi connectivity index (χ4v) is 1.60. The van der Waals surface area contributed by atoms with E-state index in [0.717, 1.165) is 10.2 Å².